The van der Waals surface area contributed by atoms with Crippen molar-refractivity contribution in [3.8, 4) is 0 Å². The van der Waals surface area contributed by atoms with Crippen LogP contribution in [0.2, 0.25) is 0 Å². The molecule has 96 valence electrons. The van der Waals surface area contributed by atoms with Crippen LogP contribution in [0.25, 0.3) is 0 Å². The van der Waals surface area contributed by atoms with Crippen molar-refractivity contribution in [3.05, 3.63) is 28.2 Å². The molecule has 3 heteroatoms. The Hall–Kier alpha value is -0.540. The zero-order valence-corrected chi connectivity index (χ0v) is 12.8. The fourth-order valence-electron chi connectivity index (χ4n) is 1.80. The van der Waals surface area contributed by atoms with Crippen LogP contribution in [0.3, 0.4) is 0 Å². The summed E-state index contributed by atoms with van der Waals surface area (Å²) in [5, 5.41) is 0. The topological polar surface area (TPSA) is 29.3 Å². The van der Waals surface area contributed by atoms with Crippen LogP contribution in [-0.4, -0.2) is 19.1 Å². The smallest absolute Gasteiger partial charge is 0.0377 e. The van der Waals surface area contributed by atoms with Gasteiger partial charge in [0.1, 0.15) is 0 Å². The molecule has 0 saturated heterocycles. The Morgan fingerprint density at radius 2 is 2.00 bits per heavy atom. The van der Waals surface area contributed by atoms with Crippen molar-refractivity contribution in [2.24, 2.45) is 5.73 Å². The van der Waals surface area contributed by atoms with Crippen LogP contribution >= 0.6 is 15.9 Å². The SMILES string of the molecule is CCC(C)N(C)c1ccc(CC(C)N)c(Br)c1. The van der Waals surface area contributed by atoms with Gasteiger partial charge in [0, 0.05) is 29.3 Å². The number of nitrogens with zero attached hydrogens (tertiary/aromatic N) is 1. The van der Waals surface area contributed by atoms with Crippen LogP contribution in [-0.2, 0) is 6.42 Å². The summed E-state index contributed by atoms with van der Waals surface area (Å²) in [5.41, 5.74) is 8.36. The normalized spacial score (nSPS) is 14.5. The van der Waals surface area contributed by atoms with Crippen molar-refractivity contribution in [3.63, 3.8) is 0 Å². The number of nitrogens with two attached hydrogens (primary N) is 1. The molecule has 2 atom stereocenters. The van der Waals surface area contributed by atoms with E-state index >= 15 is 0 Å². The van der Waals surface area contributed by atoms with Crippen molar-refractivity contribution in [2.45, 2.75) is 45.7 Å². The third kappa shape index (κ3) is 4.00. The minimum Gasteiger partial charge on any atom is -0.372 e. The molecular formula is C14H23BrN2. The van der Waals surface area contributed by atoms with Gasteiger partial charge < -0.3 is 10.6 Å². The third-order valence-electron chi connectivity index (χ3n) is 3.24. The average Bonchev–Trinajstić information content (AvgIpc) is 2.29. The highest BCUT2D eigenvalue weighted by molar-refractivity contribution is 9.10. The Bertz CT molecular complexity index is 363. The quantitative estimate of drug-likeness (QED) is 0.900. The highest BCUT2D eigenvalue weighted by Gasteiger charge is 2.10. The number of hydrogen-bond donors (Lipinski definition) is 1. The van der Waals surface area contributed by atoms with E-state index in [2.05, 4.69) is 59.9 Å². The number of hydrogen-bond acceptors (Lipinski definition) is 2. The molecule has 0 amide bonds. The predicted octanol–water partition coefficient (Wildman–Crippen LogP) is 3.57. The molecule has 2 nitrogen and oxygen atoms in total. The fraction of sp³-hybridized carbons (Fsp3) is 0.571. The van der Waals surface area contributed by atoms with E-state index in [9.17, 15) is 0 Å². The molecule has 0 saturated carbocycles. The van der Waals surface area contributed by atoms with E-state index in [1.54, 1.807) is 0 Å². The summed E-state index contributed by atoms with van der Waals surface area (Å²) in [6.45, 7) is 6.48. The van der Waals surface area contributed by atoms with Gasteiger partial charge in [-0.1, -0.05) is 28.9 Å². The molecule has 0 aliphatic heterocycles. The van der Waals surface area contributed by atoms with Gasteiger partial charge in [-0.2, -0.15) is 0 Å². The van der Waals surface area contributed by atoms with Crippen LogP contribution in [0, 0.1) is 0 Å². The van der Waals surface area contributed by atoms with Crippen molar-refractivity contribution >= 4 is 21.6 Å². The first-order chi connectivity index (χ1) is 7.95. The lowest BCUT2D eigenvalue weighted by atomic mass is 10.1. The van der Waals surface area contributed by atoms with Gasteiger partial charge in [0.2, 0.25) is 0 Å². The summed E-state index contributed by atoms with van der Waals surface area (Å²) in [5.74, 6) is 0. The van der Waals surface area contributed by atoms with Crippen molar-refractivity contribution in [1.29, 1.82) is 0 Å². The summed E-state index contributed by atoms with van der Waals surface area (Å²) >= 11 is 3.63. The molecule has 1 aromatic carbocycles. The van der Waals surface area contributed by atoms with Crippen LogP contribution < -0.4 is 10.6 Å². The van der Waals surface area contributed by atoms with E-state index in [0.29, 0.717) is 6.04 Å². The first kappa shape index (κ1) is 14.5. The molecule has 17 heavy (non-hydrogen) atoms. The van der Waals surface area contributed by atoms with E-state index in [4.69, 9.17) is 5.73 Å². The highest BCUT2D eigenvalue weighted by Crippen LogP contribution is 2.25. The zero-order valence-electron chi connectivity index (χ0n) is 11.2. The Labute approximate surface area is 113 Å². The monoisotopic (exact) mass is 298 g/mol. The minimum atomic E-state index is 0.199. The lowest BCUT2D eigenvalue weighted by Crippen LogP contribution is -2.28. The van der Waals surface area contributed by atoms with E-state index in [0.717, 1.165) is 17.3 Å². The summed E-state index contributed by atoms with van der Waals surface area (Å²) < 4.78 is 1.16. The molecule has 0 spiro atoms. The molecular weight excluding hydrogens is 276 g/mol. The standard InChI is InChI=1S/C14H23BrN2/c1-5-11(3)17(4)13-7-6-12(8-10(2)16)14(15)9-13/h6-7,9-11H,5,8,16H2,1-4H3. The Kier molecular flexibility index (Phi) is 5.47. The number of anilines is 1. The first-order valence-electron chi connectivity index (χ1n) is 6.22. The zero-order chi connectivity index (χ0) is 13.0. The van der Waals surface area contributed by atoms with Gasteiger partial charge in [0.05, 0.1) is 0 Å². The molecule has 1 aromatic rings. The minimum absolute atomic E-state index is 0.199. The van der Waals surface area contributed by atoms with Gasteiger partial charge in [-0.05, 0) is 44.4 Å². The Morgan fingerprint density at radius 3 is 2.47 bits per heavy atom. The summed E-state index contributed by atoms with van der Waals surface area (Å²) in [6, 6.07) is 7.28. The average molecular weight is 299 g/mol. The van der Waals surface area contributed by atoms with Crippen LogP contribution in [0.1, 0.15) is 32.8 Å². The molecule has 0 fully saturated rings. The van der Waals surface area contributed by atoms with Gasteiger partial charge >= 0.3 is 0 Å². The van der Waals surface area contributed by atoms with E-state index < -0.39 is 0 Å². The maximum Gasteiger partial charge on any atom is 0.0377 e. The van der Waals surface area contributed by atoms with Crippen molar-refractivity contribution < 1.29 is 0 Å². The summed E-state index contributed by atoms with van der Waals surface area (Å²) in [6.07, 6.45) is 2.06. The number of halogens is 1. The predicted molar refractivity (Wildman–Crippen MR) is 79.7 cm³/mol. The number of benzene rings is 1. The van der Waals surface area contributed by atoms with Gasteiger partial charge in [-0.3, -0.25) is 0 Å². The lowest BCUT2D eigenvalue weighted by molar-refractivity contribution is 0.663. The molecule has 0 bridgehead atoms. The van der Waals surface area contributed by atoms with Gasteiger partial charge in [0.25, 0.3) is 0 Å². The summed E-state index contributed by atoms with van der Waals surface area (Å²) in [4.78, 5) is 2.31. The third-order valence-corrected chi connectivity index (χ3v) is 3.98. The van der Waals surface area contributed by atoms with Crippen LogP contribution in [0.5, 0.6) is 0 Å². The maximum absolute atomic E-state index is 5.83. The molecule has 1 rings (SSSR count). The molecule has 2 unspecified atom stereocenters. The second-order valence-corrected chi connectivity index (χ2v) is 5.68. The highest BCUT2D eigenvalue weighted by atomic mass is 79.9. The van der Waals surface area contributed by atoms with E-state index in [-0.39, 0.29) is 6.04 Å². The second kappa shape index (κ2) is 6.41. The van der Waals surface area contributed by atoms with Crippen molar-refractivity contribution in [1.82, 2.24) is 0 Å². The van der Waals surface area contributed by atoms with Gasteiger partial charge in [0.15, 0.2) is 0 Å². The van der Waals surface area contributed by atoms with Crippen LogP contribution in [0.4, 0.5) is 5.69 Å². The lowest BCUT2D eigenvalue weighted by Gasteiger charge is -2.26. The fourth-order valence-corrected chi connectivity index (χ4v) is 2.32. The molecule has 0 radical (unpaired) electrons. The Morgan fingerprint density at radius 1 is 1.35 bits per heavy atom. The molecule has 0 aliphatic carbocycles. The van der Waals surface area contributed by atoms with Crippen LogP contribution in [0.15, 0.2) is 22.7 Å². The first-order valence-corrected chi connectivity index (χ1v) is 7.01. The van der Waals surface area contributed by atoms with Gasteiger partial charge in [-0.15, -0.1) is 0 Å². The molecule has 0 heterocycles. The second-order valence-electron chi connectivity index (χ2n) is 4.83. The summed E-state index contributed by atoms with van der Waals surface area (Å²) in [7, 11) is 2.14. The largest absolute Gasteiger partial charge is 0.372 e. The van der Waals surface area contributed by atoms with Gasteiger partial charge in [-0.25, -0.2) is 0 Å². The molecule has 0 aromatic heterocycles. The molecule has 2 N–H and O–H groups in total. The Balaban J connectivity index is 2.88. The maximum atomic E-state index is 5.83. The molecule has 0 aliphatic rings. The van der Waals surface area contributed by atoms with Crippen molar-refractivity contribution in [2.75, 3.05) is 11.9 Å². The van der Waals surface area contributed by atoms with E-state index in [1.165, 1.54) is 11.3 Å². The van der Waals surface area contributed by atoms with E-state index in [1.807, 2.05) is 6.92 Å². The number of rotatable bonds is 5.